The SMILES string of the molecule is CCOC(=O)C(C)OC(C)(C)O. The van der Waals surface area contributed by atoms with Crippen molar-refractivity contribution in [3.63, 3.8) is 0 Å². The fourth-order valence-corrected chi connectivity index (χ4v) is 0.740. The van der Waals surface area contributed by atoms with Gasteiger partial charge in [-0.3, -0.25) is 0 Å². The van der Waals surface area contributed by atoms with Gasteiger partial charge < -0.3 is 14.6 Å². The van der Waals surface area contributed by atoms with Gasteiger partial charge in [-0.15, -0.1) is 0 Å². The summed E-state index contributed by atoms with van der Waals surface area (Å²) in [5, 5.41) is 9.18. The summed E-state index contributed by atoms with van der Waals surface area (Å²) in [5.41, 5.74) is 0. The topological polar surface area (TPSA) is 55.8 Å². The minimum absolute atomic E-state index is 0.318. The first-order valence-electron chi connectivity index (χ1n) is 3.93. The lowest BCUT2D eigenvalue weighted by molar-refractivity contribution is -0.213. The van der Waals surface area contributed by atoms with Gasteiger partial charge in [0.25, 0.3) is 0 Å². The van der Waals surface area contributed by atoms with E-state index >= 15 is 0 Å². The lowest BCUT2D eigenvalue weighted by Crippen LogP contribution is -2.34. The van der Waals surface area contributed by atoms with Crippen molar-refractivity contribution in [2.24, 2.45) is 0 Å². The van der Waals surface area contributed by atoms with Crippen LogP contribution < -0.4 is 0 Å². The van der Waals surface area contributed by atoms with E-state index in [0.29, 0.717) is 6.61 Å². The Hall–Kier alpha value is -0.610. The standard InChI is InChI=1S/C8H16O4/c1-5-11-7(9)6(2)12-8(3,4)10/h6,10H,5H2,1-4H3. The Bertz CT molecular complexity index is 148. The highest BCUT2D eigenvalue weighted by atomic mass is 16.6. The maximum atomic E-state index is 11.0. The largest absolute Gasteiger partial charge is 0.464 e. The molecule has 0 aromatic carbocycles. The van der Waals surface area contributed by atoms with E-state index in [0.717, 1.165) is 0 Å². The number of hydrogen-bond acceptors (Lipinski definition) is 4. The zero-order chi connectivity index (χ0) is 9.78. The molecule has 12 heavy (non-hydrogen) atoms. The molecule has 0 aromatic heterocycles. The van der Waals surface area contributed by atoms with E-state index in [1.165, 1.54) is 20.8 Å². The van der Waals surface area contributed by atoms with Gasteiger partial charge in [0.05, 0.1) is 6.61 Å². The highest BCUT2D eigenvalue weighted by Gasteiger charge is 2.23. The average Bonchev–Trinajstić information content (AvgIpc) is 1.84. The molecule has 1 N–H and O–H groups in total. The van der Waals surface area contributed by atoms with Crippen molar-refractivity contribution in [2.75, 3.05) is 6.61 Å². The molecule has 0 aliphatic carbocycles. The van der Waals surface area contributed by atoms with Crippen LogP contribution in [0.15, 0.2) is 0 Å². The second-order valence-electron chi connectivity index (χ2n) is 2.96. The third-order valence-corrected chi connectivity index (χ3v) is 1.08. The molecular weight excluding hydrogens is 160 g/mol. The zero-order valence-corrected chi connectivity index (χ0v) is 7.96. The fraction of sp³-hybridized carbons (Fsp3) is 0.875. The van der Waals surface area contributed by atoms with Crippen LogP contribution in [0.5, 0.6) is 0 Å². The molecule has 0 amide bonds. The Morgan fingerprint density at radius 2 is 2.08 bits per heavy atom. The third-order valence-electron chi connectivity index (χ3n) is 1.08. The Kier molecular flexibility index (Phi) is 4.20. The number of rotatable bonds is 4. The maximum absolute atomic E-state index is 11.0. The van der Waals surface area contributed by atoms with Crippen LogP contribution in [-0.2, 0) is 14.3 Å². The van der Waals surface area contributed by atoms with E-state index in [9.17, 15) is 9.90 Å². The van der Waals surface area contributed by atoms with Crippen LogP contribution in [-0.4, -0.2) is 29.6 Å². The minimum atomic E-state index is -1.30. The van der Waals surface area contributed by atoms with Crippen LogP contribution in [0, 0.1) is 0 Å². The van der Waals surface area contributed by atoms with Crippen molar-refractivity contribution in [1.29, 1.82) is 0 Å². The fourth-order valence-electron chi connectivity index (χ4n) is 0.740. The molecule has 72 valence electrons. The van der Waals surface area contributed by atoms with E-state index in [4.69, 9.17) is 4.74 Å². The van der Waals surface area contributed by atoms with E-state index in [1.54, 1.807) is 6.92 Å². The molecule has 0 spiro atoms. The molecule has 0 rings (SSSR count). The Labute approximate surface area is 72.5 Å². The summed E-state index contributed by atoms with van der Waals surface area (Å²) in [6.45, 7) is 6.49. The number of carbonyl (C=O) groups is 1. The Morgan fingerprint density at radius 1 is 1.58 bits per heavy atom. The van der Waals surface area contributed by atoms with Crippen LogP contribution in [0.1, 0.15) is 27.7 Å². The summed E-state index contributed by atoms with van der Waals surface area (Å²) in [7, 11) is 0. The summed E-state index contributed by atoms with van der Waals surface area (Å²) in [6.07, 6.45) is -0.732. The van der Waals surface area contributed by atoms with Crippen molar-refractivity contribution >= 4 is 5.97 Å². The molecule has 0 radical (unpaired) electrons. The number of esters is 1. The normalized spacial score (nSPS) is 14.1. The highest BCUT2D eigenvalue weighted by Crippen LogP contribution is 2.08. The molecular formula is C8H16O4. The van der Waals surface area contributed by atoms with Gasteiger partial charge in [0.2, 0.25) is 0 Å². The van der Waals surface area contributed by atoms with Crippen molar-refractivity contribution in [1.82, 2.24) is 0 Å². The van der Waals surface area contributed by atoms with Crippen LogP contribution in [0.4, 0.5) is 0 Å². The van der Waals surface area contributed by atoms with Crippen molar-refractivity contribution < 1.29 is 19.4 Å². The first kappa shape index (κ1) is 11.4. The number of carbonyl (C=O) groups excluding carboxylic acids is 1. The molecule has 0 saturated carbocycles. The number of aliphatic hydroxyl groups is 1. The Balaban J connectivity index is 3.87. The van der Waals surface area contributed by atoms with Gasteiger partial charge in [0, 0.05) is 0 Å². The highest BCUT2D eigenvalue weighted by molar-refractivity contribution is 5.74. The van der Waals surface area contributed by atoms with E-state index in [-0.39, 0.29) is 0 Å². The summed E-state index contributed by atoms with van der Waals surface area (Å²) in [4.78, 5) is 11.0. The van der Waals surface area contributed by atoms with E-state index < -0.39 is 17.9 Å². The number of ether oxygens (including phenoxy) is 2. The molecule has 1 unspecified atom stereocenters. The molecule has 0 aliphatic heterocycles. The molecule has 0 fully saturated rings. The molecule has 0 aliphatic rings. The van der Waals surface area contributed by atoms with Crippen molar-refractivity contribution in [3.8, 4) is 0 Å². The van der Waals surface area contributed by atoms with Gasteiger partial charge in [-0.05, 0) is 27.7 Å². The van der Waals surface area contributed by atoms with Crippen molar-refractivity contribution in [3.05, 3.63) is 0 Å². The van der Waals surface area contributed by atoms with E-state index in [2.05, 4.69) is 4.74 Å². The zero-order valence-electron chi connectivity index (χ0n) is 7.96. The smallest absolute Gasteiger partial charge is 0.335 e. The van der Waals surface area contributed by atoms with Crippen molar-refractivity contribution in [2.45, 2.75) is 39.6 Å². The molecule has 0 bridgehead atoms. The van der Waals surface area contributed by atoms with Gasteiger partial charge in [-0.1, -0.05) is 0 Å². The lowest BCUT2D eigenvalue weighted by Gasteiger charge is -2.22. The first-order valence-corrected chi connectivity index (χ1v) is 3.93. The summed E-state index contributed by atoms with van der Waals surface area (Å²) in [6, 6.07) is 0. The lowest BCUT2D eigenvalue weighted by atomic mass is 10.3. The van der Waals surface area contributed by atoms with Crippen LogP contribution in [0.2, 0.25) is 0 Å². The molecule has 0 saturated heterocycles. The monoisotopic (exact) mass is 176 g/mol. The maximum Gasteiger partial charge on any atom is 0.335 e. The predicted molar refractivity (Wildman–Crippen MR) is 43.5 cm³/mol. The summed E-state index contributed by atoms with van der Waals surface area (Å²) < 4.78 is 9.61. The third kappa shape index (κ3) is 5.09. The average molecular weight is 176 g/mol. The van der Waals surface area contributed by atoms with Gasteiger partial charge >= 0.3 is 5.97 Å². The summed E-state index contributed by atoms with van der Waals surface area (Å²) >= 11 is 0. The van der Waals surface area contributed by atoms with Crippen LogP contribution >= 0.6 is 0 Å². The molecule has 4 heteroatoms. The second kappa shape index (κ2) is 4.42. The van der Waals surface area contributed by atoms with Gasteiger partial charge in [0.15, 0.2) is 11.9 Å². The van der Waals surface area contributed by atoms with Gasteiger partial charge in [-0.2, -0.15) is 0 Å². The minimum Gasteiger partial charge on any atom is -0.464 e. The van der Waals surface area contributed by atoms with E-state index in [1.807, 2.05) is 0 Å². The van der Waals surface area contributed by atoms with Gasteiger partial charge in [0.1, 0.15) is 0 Å². The van der Waals surface area contributed by atoms with Crippen LogP contribution in [0.25, 0.3) is 0 Å². The predicted octanol–water partition coefficient (Wildman–Crippen LogP) is 0.683. The first-order chi connectivity index (χ1) is 5.37. The summed E-state index contributed by atoms with van der Waals surface area (Å²) in [5.74, 6) is -1.76. The quantitative estimate of drug-likeness (QED) is 0.505. The Morgan fingerprint density at radius 3 is 2.42 bits per heavy atom. The van der Waals surface area contributed by atoms with Gasteiger partial charge in [-0.25, -0.2) is 4.79 Å². The molecule has 0 heterocycles. The second-order valence-corrected chi connectivity index (χ2v) is 2.96. The van der Waals surface area contributed by atoms with Crippen LogP contribution in [0.3, 0.4) is 0 Å². The number of hydrogen-bond donors (Lipinski definition) is 1. The molecule has 0 aromatic rings. The molecule has 1 atom stereocenters. The molecule has 4 nitrogen and oxygen atoms in total.